The number of pyridine rings is 1. The van der Waals surface area contributed by atoms with Crippen molar-refractivity contribution < 1.29 is 14.3 Å². The molecule has 0 saturated carbocycles. The first kappa shape index (κ1) is 23.8. The molecule has 0 spiro atoms. The quantitative estimate of drug-likeness (QED) is 0.468. The Morgan fingerprint density at radius 1 is 1.26 bits per heavy atom. The highest BCUT2D eigenvalue weighted by atomic mass is 16.5. The number of aromatic amines is 1. The van der Waals surface area contributed by atoms with Crippen molar-refractivity contribution in [3.8, 4) is 22.9 Å². The third kappa shape index (κ3) is 5.09. The number of hydrogen-bond acceptors (Lipinski definition) is 7. The summed E-state index contributed by atoms with van der Waals surface area (Å²) in [6.45, 7) is 8.71. The molecule has 0 radical (unpaired) electrons. The van der Waals surface area contributed by atoms with E-state index in [1.54, 1.807) is 20.2 Å². The molecule has 1 aromatic carbocycles. The van der Waals surface area contributed by atoms with Crippen molar-refractivity contribution in [2.24, 2.45) is 0 Å². The number of benzene rings is 1. The number of methoxy groups -OCH3 is 1. The number of anilines is 1. The molecular weight excluding hydrogens is 432 g/mol. The minimum Gasteiger partial charge on any atom is -0.493 e. The average molecular weight is 467 g/mol. The number of likely N-dealkylation sites (tertiary alicyclic amines) is 1. The fourth-order valence-electron chi connectivity index (χ4n) is 4.29. The molecule has 0 atom stereocenters. The minimum absolute atomic E-state index is 0.0782. The Hall–Kier alpha value is -3.33. The van der Waals surface area contributed by atoms with E-state index in [0.717, 1.165) is 48.3 Å². The number of fused-ring (bicyclic) bond motifs is 1. The molecule has 1 amide bonds. The Morgan fingerprint density at radius 2 is 2.03 bits per heavy atom. The van der Waals surface area contributed by atoms with Gasteiger partial charge in [0.1, 0.15) is 11.3 Å². The van der Waals surface area contributed by atoms with Gasteiger partial charge in [0.2, 0.25) is 0 Å². The topological polar surface area (TPSA) is 104 Å². The van der Waals surface area contributed by atoms with E-state index in [1.807, 2.05) is 18.3 Å². The average Bonchev–Trinajstić information content (AvgIpc) is 3.29. The number of likely N-dealkylation sites (N-methyl/N-ethyl adjacent to an activating group) is 1. The SMILES string of the molecule is CNC(=O)COc1ccc(-c2nc3ncc(C)c(NC4CCN(C(C)C)CC4)c3[nH]2)cc1OC. The maximum absolute atomic E-state index is 11.5. The Bertz CT molecular complexity index is 1150. The van der Waals surface area contributed by atoms with Crippen molar-refractivity contribution >= 4 is 22.8 Å². The van der Waals surface area contributed by atoms with Crippen LogP contribution in [0.3, 0.4) is 0 Å². The van der Waals surface area contributed by atoms with E-state index >= 15 is 0 Å². The highest BCUT2D eigenvalue weighted by Crippen LogP contribution is 2.34. The normalized spacial score (nSPS) is 15.0. The van der Waals surface area contributed by atoms with Crippen molar-refractivity contribution in [2.75, 3.05) is 39.2 Å². The lowest BCUT2D eigenvalue weighted by atomic mass is 10.0. The van der Waals surface area contributed by atoms with E-state index in [0.29, 0.717) is 35.1 Å². The summed E-state index contributed by atoms with van der Waals surface area (Å²) in [6.07, 6.45) is 4.09. The lowest BCUT2D eigenvalue weighted by Crippen LogP contribution is -2.42. The van der Waals surface area contributed by atoms with Crippen LogP contribution < -0.4 is 20.1 Å². The van der Waals surface area contributed by atoms with Crippen LogP contribution in [0.4, 0.5) is 5.69 Å². The molecule has 2 aromatic heterocycles. The summed E-state index contributed by atoms with van der Waals surface area (Å²) in [6, 6.07) is 6.52. The Morgan fingerprint density at radius 3 is 2.71 bits per heavy atom. The number of hydrogen-bond donors (Lipinski definition) is 3. The van der Waals surface area contributed by atoms with Gasteiger partial charge < -0.3 is 30.0 Å². The summed E-state index contributed by atoms with van der Waals surface area (Å²) in [5.41, 5.74) is 4.56. The van der Waals surface area contributed by atoms with Gasteiger partial charge in [-0.2, -0.15) is 0 Å². The van der Waals surface area contributed by atoms with Crippen LogP contribution in [0.5, 0.6) is 11.5 Å². The Kier molecular flexibility index (Phi) is 7.21. The highest BCUT2D eigenvalue weighted by molar-refractivity contribution is 5.89. The number of nitrogens with zero attached hydrogens (tertiary/aromatic N) is 3. The van der Waals surface area contributed by atoms with Gasteiger partial charge in [-0.1, -0.05) is 0 Å². The summed E-state index contributed by atoms with van der Waals surface area (Å²) < 4.78 is 11.1. The van der Waals surface area contributed by atoms with Crippen molar-refractivity contribution in [2.45, 2.75) is 45.7 Å². The molecule has 3 N–H and O–H groups in total. The molecule has 3 heterocycles. The fraction of sp³-hybridized carbons (Fsp3) is 0.480. The molecule has 1 saturated heterocycles. The molecule has 1 aliphatic heterocycles. The Balaban J connectivity index is 1.57. The zero-order valence-electron chi connectivity index (χ0n) is 20.6. The van der Waals surface area contributed by atoms with Crippen molar-refractivity contribution in [3.05, 3.63) is 30.0 Å². The van der Waals surface area contributed by atoms with Gasteiger partial charge in [0, 0.05) is 44.0 Å². The molecule has 34 heavy (non-hydrogen) atoms. The molecule has 4 rings (SSSR count). The maximum atomic E-state index is 11.5. The summed E-state index contributed by atoms with van der Waals surface area (Å²) in [5, 5.41) is 6.30. The van der Waals surface area contributed by atoms with Crippen molar-refractivity contribution in [3.63, 3.8) is 0 Å². The molecule has 3 aromatic rings. The summed E-state index contributed by atoms with van der Waals surface area (Å²) in [4.78, 5) is 26.8. The van der Waals surface area contributed by atoms with Gasteiger partial charge in [-0.3, -0.25) is 4.79 Å². The number of imidazole rings is 1. The first-order chi connectivity index (χ1) is 16.4. The largest absolute Gasteiger partial charge is 0.493 e. The van der Waals surface area contributed by atoms with Crippen LogP contribution in [0, 0.1) is 6.92 Å². The van der Waals surface area contributed by atoms with Gasteiger partial charge in [0.25, 0.3) is 5.91 Å². The fourth-order valence-corrected chi connectivity index (χ4v) is 4.29. The number of aromatic nitrogens is 3. The third-order valence-electron chi connectivity index (χ3n) is 6.39. The van der Waals surface area contributed by atoms with E-state index in [-0.39, 0.29) is 12.5 Å². The first-order valence-corrected chi connectivity index (χ1v) is 11.8. The van der Waals surface area contributed by atoms with Crippen LogP contribution in [-0.2, 0) is 4.79 Å². The third-order valence-corrected chi connectivity index (χ3v) is 6.39. The maximum Gasteiger partial charge on any atom is 0.257 e. The zero-order chi connectivity index (χ0) is 24.2. The number of aryl methyl sites for hydroxylation is 1. The predicted molar refractivity (Wildman–Crippen MR) is 134 cm³/mol. The van der Waals surface area contributed by atoms with Gasteiger partial charge >= 0.3 is 0 Å². The van der Waals surface area contributed by atoms with E-state index in [4.69, 9.17) is 14.5 Å². The van der Waals surface area contributed by atoms with E-state index in [9.17, 15) is 4.79 Å². The monoisotopic (exact) mass is 466 g/mol. The molecule has 0 aliphatic carbocycles. The van der Waals surface area contributed by atoms with Crippen molar-refractivity contribution in [1.82, 2.24) is 25.2 Å². The number of amides is 1. The summed E-state index contributed by atoms with van der Waals surface area (Å²) in [7, 11) is 3.14. The molecule has 1 fully saturated rings. The highest BCUT2D eigenvalue weighted by Gasteiger charge is 2.23. The second-order valence-electron chi connectivity index (χ2n) is 8.98. The summed E-state index contributed by atoms with van der Waals surface area (Å²) in [5.74, 6) is 1.51. The van der Waals surface area contributed by atoms with Crippen molar-refractivity contribution in [1.29, 1.82) is 0 Å². The van der Waals surface area contributed by atoms with Crippen LogP contribution in [0.1, 0.15) is 32.3 Å². The first-order valence-electron chi connectivity index (χ1n) is 11.8. The molecule has 0 bridgehead atoms. The summed E-state index contributed by atoms with van der Waals surface area (Å²) >= 11 is 0. The standard InChI is InChI=1S/C25H34N6O3/c1-15(2)31-10-8-18(9-11-31)28-22-16(3)13-27-25-23(22)29-24(30-25)17-6-7-19(20(12-17)33-5)34-14-21(32)26-4/h6-7,12-13,15,18H,8-11,14H2,1-5H3,(H,26,32)(H2,27,28,29,30). The van der Waals surface area contributed by atoms with E-state index < -0.39 is 0 Å². The number of piperidine rings is 1. The van der Waals surface area contributed by atoms with Crippen LogP contribution in [0.25, 0.3) is 22.6 Å². The molecule has 182 valence electrons. The number of carbonyl (C=O) groups excluding carboxylic acids is 1. The molecule has 9 heteroatoms. The van der Waals surface area contributed by atoms with Crippen LogP contribution in [-0.4, -0.2) is 71.7 Å². The number of rotatable bonds is 8. The second-order valence-corrected chi connectivity index (χ2v) is 8.98. The molecule has 1 aliphatic rings. The minimum atomic E-state index is -0.209. The number of carbonyl (C=O) groups is 1. The van der Waals surface area contributed by atoms with Gasteiger partial charge in [-0.15, -0.1) is 0 Å². The molecule has 0 unspecified atom stereocenters. The number of ether oxygens (including phenoxy) is 2. The second kappa shape index (κ2) is 10.3. The Labute approximate surface area is 200 Å². The number of nitrogens with one attached hydrogen (secondary N) is 3. The molecular formula is C25H34N6O3. The lowest BCUT2D eigenvalue weighted by molar-refractivity contribution is -0.122. The number of H-pyrrole nitrogens is 1. The van der Waals surface area contributed by atoms with E-state index in [2.05, 4.69) is 46.3 Å². The smallest absolute Gasteiger partial charge is 0.257 e. The van der Waals surface area contributed by atoms with Crippen LogP contribution in [0.15, 0.2) is 24.4 Å². The molecule has 9 nitrogen and oxygen atoms in total. The zero-order valence-corrected chi connectivity index (χ0v) is 20.6. The van der Waals surface area contributed by atoms with E-state index in [1.165, 1.54) is 0 Å². The van der Waals surface area contributed by atoms with Crippen LogP contribution >= 0.6 is 0 Å². The predicted octanol–water partition coefficient (Wildman–Crippen LogP) is 3.35. The van der Waals surface area contributed by atoms with Crippen LogP contribution in [0.2, 0.25) is 0 Å². The lowest BCUT2D eigenvalue weighted by Gasteiger charge is -2.35. The van der Waals surface area contributed by atoms with Gasteiger partial charge in [0.15, 0.2) is 23.8 Å². The van der Waals surface area contributed by atoms with Gasteiger partial charge in [0.05, 0.1) is 12.8 Å². The van der Waals surface area contributed by atoms with Gasteiger partial charge in [-0.25, -0.2) is 9.97 Å². The van der Waals surface area contributed by atoms with Gasteiger partial charge in [-0.05, 0) is 57.4 Å².